The molecule has 0 bridgehead atoms. The molecule has 2 N–H and O–H groups in total. The Balaban J connectivity index is 0.00000480. The zero-order valence-electron chi connectivity index (χ0n) is 19.6. The summed E-state index contributed by atoms with van der Waals surface area (Å²) in [5.74, 6) is 3.08. The van der Waals surface area contributed by atoms with Crippen molar-refractivity contribution in [2.45, 2.75) is 39.2 Å². The molecule has 1 saturated heterocycles. The van der Waals surface area contributed by atoms with Crippen LogP contribution in [0.3, 0.4) is 0 Å². The van der Waals surface area contributed by atoms with Crippen LogP contribution in [0, 0.1) is 0 Å². The summed E-state index contributed by atoms with van der Waals surface area (Å²) in [6.07, 6.45) is 2.93. The van der Waals surface area contributed by atoms with E-state index in [0.29, 0.717) is 24.8 Å². The normalized spacial score (nSPS) is 15.1. The number of guanidine groups is 1. The van der Waals surface area contributed by atoms with Crippen LogP contribution in [-0.4, -0.2) is 71.0 Å². The Labute approximate surface area is 204 Å². The molecule has 0 aliphatic carbocycles. The highest BCUT2D eigenvalue weighted by Crippen LogP contribution is 2.34. The Morgan fingerprint density at radius 1 is 1.13 bits per heavy atom. The van der Waals surface area contributed by atoms with Gasteiger partial charge in [0.05, 0.1) is 21.3 Å². The summed E-state index contributed by atoms with van der Waals surface area (Å²) in [4.78, 5) is 7.25. The molecule has 0 aromatic heterocycles. The highest BCUT2D eigenvalue weighted by Gasteiger charge is 2.20. The van der Waals surface area contributed by atoms with E-state index in [-0.39, 0.29) is 24.0 Å². The van der Waals surface area contributed by atoms with Gasteiger partial charge in [-0.2, -0.15) is 0 Å². The number of halogens is 1. The number of piperidine rings is 1. The van der Waals surface area contributed by atoms with E-state index in [2.05, 4.69) is 36.0 Å². The number of hydrogen-bond donors (Lipinski definition) is 2. The fourth-order valence-corrected chi connectivity index (χ4v) is 3.73. The Morgan fingerprint density at radius 2 is 1.74 bits per heavy atom. The Morgan fingerprint density at radius 3 is 2.23 bits per heavy atom. The Kier molecular flexibility index (Phi) is 12.7. The molecule has 0 amide bonds. The summed E-state index contributed by atoms with van der Waals surface area (Å²) in [6, 6.07) is 4.20. The Bertz CT molecular complexity index is 694. The predicted octanol–water partition coefficient (Wildman–Crippen LogP) is 3.47. The summed E-state index contributed by atoms with van der Waals surface area (Å²) in [7, 11) is 4.95. The van der Waals surface area contributed by atoms with Crippen molar-refractivity contribution in [3.63, 3.8) is 0 Å². The lowest BCUT2D eigenvalue weighted by Crippen LogP contribution is -2.49. The van der Waals surface area contributed by atoms with Gasteiger partial charge in [-0.25, -0.2) is 0 Å². The third-order valence-corrected chi connectivity index (χ3v) is 5.21. The van der Waals surface area contributed by atoms with Crippen LogP contribution in [-0.2, 0) is 6.42 Å². The molecule has 1 fully saturated rings. The summed E-state index contributed by atoms with van der Waals surface area (Å²) in [5, 5.41) is 6.96. The SMILES string of the molecule is C=C(C)CN1CCC(NC(=NCCc2c(OC)cc(OC)cc2OC)NCC)CC1.I. The fraction of sp³-hybridized carbons (Fsp3) is 0.609. The third kappa shape index (κ3) is 8.76. The first-order valence-corrected chi connectivity index (χ1v) is 10.7. The predicted molar refractivity (Wildman–Crippen MR) is 139 cm³/mol. The molecule has 7 nitrogen and oxygen atoms in total. The van der Waals surface area contributed by atoms with Gasteiger partial charge in [-0.05, 0) is 33.1 Å². The van der Waals surface area contributed by atoms with Crippen LogP contribution in [0.15, 0.2) is 29.3 Å². The molecule has 1 aromatic rings. The number of methoxy groups -OCH3 is 3. The van der Waals surface area contributed by atoms with Crippen LogP contribution in [0.5, 0.6) is 17.2 Å². The van der Waals surface area contributed by atoms with E-state index < -0.39 is 0 Å². The average Bonchev–Trinajstić information content (AvgIpc) is 2.74. The maximum Gasteiger partial charge on any atom is 0.191 e. The van der Waals surface area contributed by atoms with Crippen molar-refractivity contribution >= 4 is 29.9 Å². The van der Waals surface area contributed by atoms with Crippen LogP contribution in [0.2, 0.25) is 0 Å². The highest BCUT2D eigenvalue weighted by atomic mass is 127. The minimum atomic E-state index is 0. The maximum atomic E-state index is 5.54. The second-order valence-electron chi connectivity index (χ2n) is 7.67. The summed E-state index contributed by atoms with van der Waals surface area (Å²) >= 11 is 0. The first-order chi connectivity index (χ1) is 14.5. The van der Waals surface area contributed by atoms with Gasteiger partial charge in [-0.15, -0.1) is 24.0 Å². The second-order valence-corrected chi connectivity index (χ2v) is 7.67. The van der Waals surface area contributed by atoms with Gasteiger partial charge in [0.15, 0.2) is 5.96 Å². The minimum Gasteiger partial charge on any atom is -0.496 e. The summed E-state index contributed by atoms with van der Waals surface area (Å²) in [5.41, 5.74) is 2.22. The number of nitrogens with zero attached hydrogens (tertiary/aromatic N) is 2. The topological polar surface area (TPSA) is 67.4 Å². The fourth-order valence-electron chi connectivity index (χ4n) is 3.73. The summed E-state index contributed by atoms with van der Waals surface area (Å²) in [6.45, 7) is 12.8. The molecular formula is C23H39IN4O3. The molecule has 1 aliphatic heterocycles. The summed E-state index contributed by atoms with van der Waals surface area (Å²) < 4.78 is 16.4. The van der Waals surface area contributed by atoms with E-state index in [9.17, 15) is 0 Å². The first-order valence-electron chi connectivity index (χ1n) is 10.7. The first kappa shape index (κ1) is 27.4. The van der Waals surface area contributed by atoms with Gasteiger partial charge in [0.2, 0.25) is 0 Å². The van der Waals surface area contributed by atoms with Crippen LogP contribution < -0.4 is 24.8 Å². The molecule has 1 aliphatic rings. The lowest BCUT2D eigenvalue weighted by Gasteiger charge is -2.33. The van der Waals surface area contributed by atoms with E-state index in [1.807, 2.05) is 12.1 Å². The minimum absolute atomic E-state index is 0. The molecule has 0 atom stereocenters. The average molecular weight is 546 g/mol. The number of nitrogens with one attached hydrogen (secondary N) is 2. The highest BCUT2D eigenvalue weighted by molar-refractivity contribution is 14.0. The van der Waals surface area contributed by atoms with Crippen molar-refractivity contribution in [2.24, 2.45) is 4.99 Å². The molecule has 0 unspecified atom stereocenters. The van der Waals surface area contributed by atoms with Gasteiger partial charge in [-0.1, -0.05) is 12.2 Å². The number of aliphatic imine (C=N–C) groups is 1. The largest absolute Gasteiger partial charge is 0.496 e. The van der Waals surface area contributed by atoms with Gasteiger partial charge in [0, 0.05) is 56.5 Å². The monoisotopic (exact) mass is 546 g/mol. The second kappa shape index (κ2) is 14.4. The van der Waals surface area contributed by atoms with E-state index in [1.54, 1.807) is 21.3 Å². The van der Waals surface area contributed by atoms with Crippen LogP contribution >= 0.6 is 24.0 Å². The van der Waals surface area contributed by atoms with E-state index in [1.165, 1.54) is 5.57 Å². The van der Waals surface area contributed by atoms with Gasteiger partial charge in [-0.3, -0.25) is 9.89 Å². The molecular weight excluding hydrogens is 507 g/mol. The zero-order valence-corrected chi connectivity index (χ0v) is 22.0. The van der Waals surface area contributed by atoms with E-state index in [4.69, 9.17) is 19.2 Å². The molecule has 0 saturated carbocycles. The number of ether oxygens (including phenoxy) is 3. The van der Waals surface area contributed by atoms with Gasteiger partial charge < -0.3 is 24.8 Å². The van der Waals surface area contributed by atoms with Gasteiger partial charge >= 0.3 is 0 Å². The van der Waals surface area contributed by atoms with Crippen molar-refractivity contribution in [1.82, 2.24) is 15.5 Å². The van der Waals surface area contributed by atoms with Gasteiger partial charge in [0.1, 0.15) is 17.2 Å². The molecule has 0 spiro atoms. The van der Waals surface area contributed by atoms with Crippen molar-refractivity contribution in [1.29, 1.82) is 0 Å². The molecule has 176 valence electrons. The smallest absolute Gasteiger partial charge is 0.191 e. The Hall–Kier alpha value is -1.68. The lowest BCUT2D eigenvalue weighted by atomic mass is 10.0. The molecule has 1 heterocycles. The molecule has 0 radical (unpaired) electrons. The maximum absolute atomic E-state index is 5.54. The van der Waals surface area contributed by atoms with Crippen molar-refractivity contribution in [2.75, 3.05) is 54.1 Å². The van der Waals surface area contributed by atoms with Crippen LogP contribution in [0.4, 0.5) is 0 Å². The van der Waals surface area contributed by atoms with E-state index >= 15 is 0 Å². The van der Waals surface area contributed by atoms with Crippen molar-refractivity contribution < 1.29 is 14.2 Å². The number of benzene rings is 1. The number of rotatable bonds is 10. The molecule has 31 heavy (non-hydrogen) atoms. The van der Waals surface area contributed by atoms with Crippen molar-refractivity contribution in [3.05, 3.63) is 29.8 Å². The quantitative estimate of drug-likeness (QED) is 0.203. The van der Waals surface area contributed by atoms with Crippen LogP contribution in [0.25, 0.3) is 0 Å². The molecule has 1 aromatic carbocycles. The molecule has 2 rings (SSSR count). The van der Waals surface area contributed by atoms with Crippen LogP contribution in [0.1, 0.15) is 32.3 Å². The van der Waals surface area contributed by atoms with E-state index in [0.717, 1.165) is 62.0 Å². The van der Waals surface area contributed by atoms with Gasteiger partial charge in [0.25, 0.3) is 0 Å². The lowest BCUT2D eigenvalue weighted by molar-refractivity contribution is 0.221. The zero-order chi connectivity index (χ0) is 21.9. The number of hydrogen-bond acceptors (Lipinski definition) is 5. The molecule has 8 heteroatoms. The van der Waals surface area contributed by atoms with Crippen molar-refractivity contribution in [3.8, 4) is 17.2 Å². The third-order valence-electron chi connectivity index (χ3n) is 5.21. The standard InChI is InChI=1S/C23H38N4O3.HI/c1-7-24-23(26-18-9-12-27(13-10-18)16-17(2)3)25-11-8-20-21(29-5)14-19(28-4)15-22(20)30-6;/h14-15,18H,2,7-13,16H2,1,3-6H3,(H2,24,25,26);1H. The number of likely N-dealkylation sites (tertiary alicyclic amines) is 1.